The Kier molecular flexibility index (Phi) is 4.44. The van der Waals surface area contributed by atoms with Crippen LogP contribution in [-0.2, 0) is 6.54 Å². The maximum atomic E-state index is 5.44. The van der Waals surface area contributed by atoms with E-state index < -0.39 is 0 Å². The zero-order chi connectivity index (χ0) is 13.0. The van der Waals surface area contributed by atoms with E-state index in [4.69, 9.17) is 9.15 Å². The third-order valence-electron chi connectivity index (χ3n) is 2.81. The van der Waals surface area contributed by atoms with Crippen LogP contribution in [-0.4, -0.2) is 7.11 Å². The van der Waals surface area contributed by atoms with Crippen LogP contribution in [0.2, 0.25) is 0 Å². The number of nitrogens with one attached hydrogen (secondary N) is 1. The molecule has 1 aromatic heterocycles. The molecule has 0 amide bonds. The molecule has 0 spiro atoms. The molecule has 0 aliphatic carbocycles. The van der Waals surface area contributed by atoms with Gasteiger partial charge in [-0.25, -0.2) is 0 Å². The molecule has 0 radical (unpaired) electrons. The van der Waals surface area contributed by atoms with Crippen LogP contribution in [0, 0.1) is 0 Å². The first-order valence-corrected chi connectivity index (χ1v) is 6.60. The van der Waals surface area contributed by atoms with Gasteiger partial charge in [0.25, 0.3) is 0 Å². The van der Waals surface area contributed by atoms with Crippen LogP contribution in [0.15, 0.2) is 45.5 Å². The number of methoxy groups -OCH3 is 1. The second-order valence-electron chi connectivity index (χ2n) is 4.09. The van der Waals surface area contributed by atoms with Gasteiger partial charge in [0.05, 0.1) is 13.7 Å². The Morgan fingerprint density at radius 3 is 2.83 bits per heavy atom. The molecule has 1 aromatic carbocycles. The maximum absolute atomic E-state index is 5.44. The van der Waals surface area contributed by atoms with E-state index in [0.29, 0.717) is 6.54 Å². The first-order chi connectivity index (χ1) is 8.69. The smallest absolute Gasteiger partial charge is 0.169 e. The Morgan fingerprint density at radius 1 is 1.33 bits per heavy atom. The van der Waals surface area contributed by atoms with Crippen molar-refractivity contribution >= 4 is 15.9 Å². The molecule has 0 saturated heterocycles. The largest absolute Gasteiger partial charge is 0.497 e. The van der Waals surface area contributed by atoms with Gasteiger partial charge < -0.3 is 14.5 Å². The molecule has 0 unspecified atom stereocenters. The zero-order valence-corrected chi connectivity index (χ0v) is 12.0. The summed E-state index contributed by atoms with van der Waals surface area (Å²) >= 11 is 3.29. The summed E-state index contributed by atoms with van der Waals surface area (Å²) in [6, 6.07) is 12.1. The van der Waals surface area contributed by atoms with Gasteiger partial charge in [0, 0.05) is 6.04 Å². The molecule has 3 nitrogen and oxygen atoms in total. The van der Waals surface area contributed by atoms with Crippen molar-refractivity contribution in [1.82, 2.24) is 5.32 Å². The summed E-state index contributed by atoms with van der Waals surface area (Å²) in [6.07, 6.45) is 0. The fraction of sp³-hybridized carbons (Fsp3) is 0.286. The van der Waals surface area contributed by atoms with Crippen molar-refractivity contribution in [1.29, 1.82) is 0 Å². The predicted molar refractivity (Wildman–Crippen MR) is 74.7 cm³/mol. The Labute approximate surface area is 115 Å². The van der Waals surface area contributed by atoms with Crippen molar-refractivity contribution in [2.45, 2.75) is 19.5 Å². The average molecular weight is 310 g/mol. The highest BCUT2D eigenvalue weighted by Gasteiger charge is 2.07. The average Bonchev–Trinajstić information content (AvgIpc) is 2.82. The van der Waals surface area contributed by atoms with E-state index in [-0.39, 0.29) is 6.04 Å². The third kappa shape index (κ3) is 3.37. The summed E-state index contributed by atoms with van der Waals surface area (Å²) in [7, 11) is 1.68. The third-order valence-corrected chi connectivity index (χ3v) is 3.23. The van der Waals surface area contributed by atoms with Crippen molar-refractivity contribution in [3.8, 4) is 5.75 Å². The van der Waals surface area contributed by atoms with Gasteiger partial charge in [0.2, 0.25) is 0 Å². The van der Waals surface area contributed by atoms with Crippen LogP contribution in [0.3, 0.4) is 0 Å². The van der Waals surface area contributed by atoms with Gasteiger partial charge in [0.1, 0.15) is 11.5 Å². The van der Waals surface area contributed by atoms with Crippen LogP contribution < -0.4 is 10.1 Å². The molecular formula is C14H16BrNO2. The van der Waals surface area contributed by atoms with Gasteiger partial charge in [-0.1, -0.05) is 12.1 Å². The number of hydrogen-bond donors (Lipinski definition) is 1. The molecule has 2 aromatic rings. The fourth-order valence-corrected chi connectivity index (χ4v) is 2.07. The van der Waals surface area contributed by atoms with E-state index in [0.717, 1.165) is 16.2 Å². The summed E-state index contributed by atoms with van der Waals surface area (Å²) in [5, 5.41) is 3.41. The normalized spacial score (nSPS) is 12.4. The summed E-state index contributed by atoms with van der Waals surface area (Å²) in [4.78, 5) is 0. The molecule has 0 bridgehead atoms. The van der Waals surface area contributed by atoms with Crippen molar-refractivity contribution in [3.63, 3.8) is 0 Å². The minimum absolute atomic E-state index is 0.240. The molecule has 0 aliphatic heterocycles. The molecule has 0 saturated carbocycles. The number of rotatable bonds is 5. The first kappa shape index (κ1) is 13.2. The summed E-state index contributed by atoms with van der Waals surface area (Å²) < 4.78 is 11.4. The molecule has 2 rings (SSSR count). The lowest BCUT2D eigenvalue weighted by atomic mass is 10.1. The van der Waals surface area contributed by atoms with Gasteiger partial charge in [0.15, 0.2) is 4.67 Å². The summed E-state index contributed by atoms with van der Waals surface area (Å²) in [5.74, 6) is 1.79. The lowest BCUT2D eigenvalue weighted by Crippen LogP contribution is -2.17. The topological polar surface area (TPSA) is 34.4 Å². The van der Waals surface area contributed by atoms with Gasteiger partial charge in [-0.15, -0.1) is 0 Å². The lowest BCUT2D eigenvalue weighted by Gasteiger charge is -2.14. The van der Waals surface area contributed by atoms with E-state index in [1.807, 2.05) is 30.3 Å². The van der Waals surface area contributed by atoms with Crippen LogP contribution in [0.25, 0.3) is 0 Å². The Morgan fingerprint density at radius 2 is 2.17 bits per heavy atom. The quantitative estimate of drug-likeness (QED) is 0.909. The van der Waals surface area contributed by atoms with Crippen LogP contribution >= 0.6 is 15.9 Å². The van der Waals surface area contributed by atoms with E-state index in [1.54, 1.807) is 7.11 Å². The van der Waals surface area contributed by atoms with Gasteiger partial charge >= 0.3 is 0 Å². The van der Waals surface area contributed by atoms with E-state index in [1.165, 1.54) is 5.56 Å². The van der Waals surface area contributed by atoms with Gasteiger partial charge in [-0.05, 0) is 52.7 Å². The second-order valence-corrected chi connectivity index (χ2v) is 4.87. The number of benzene rings is 1. The number of furan rings is 1. The highest BCUT2D eigenvalue weighted by molar-refractivity contribution is 9.10. The van der Waals surface area contributed by atoms with Crippen molar-refractivity contribution < 1.29 is 9.15 Å². The number of ether oxygens (including phenoxy) is 1. The highest BCUT2D eigenvalue weighted by Crippen LogP contribution is 2.20. The predicted octanol–water partition coefficient (Wildman–Crippen LogP) is 3.90. The van der Waals surface area contributed by atoms with E-state index in [2.05, 4.69) is 34.2 Å². The lowest BCUT2D eigenvalue weighted by molar-refractivity contribution is 0.412. The SMILES string of the molecule is COc1cccc([C@H](C)NCc2ccc(Br)o2)c1. The minimum Gasteiger partial charge on any atom is -0.497 e. The Bertz CT molecular complexity index is 510. The van der Waals surface area contributed by atoms with Crippen LogP contribution in [0.5, 0.6) is 5.75 Å². The second kappa shape index (κ2) is 6.07. The van der Waals surface area contributed by atoms with Crippen molar-refractivity contribution in [3.05, 3.63) is 52.4 Å². The number of hydrogen-bond acceptors (Lipinski definition) is 3. The monoisotopic (exact) mass is 309 g/mol. The number of halogens is 1. The summed E-state index contributed by atoms with van der Waals surface area (Å²) in [5.41, 5.74) is 1.19. The molecular weight excluding hydrogens is 294 g/mol. The molecule has 18 heavy (non-hydrogen) atoms. The molecule has 1 N–H and O–H groups in total. The first-order valence-electron chi connectivity index (χ1n) is 5.80. The fourth-order valence-electron chi connectivity index (χ4n) is 1.73. The molecule has 0 aliphatic rings. The highest BCUT2D eigenvalue weighted by atomic mass is 79.9. The Balaban J connectivity index is 1.96. The van der Waals surface area contributed by atoms with Gasteiger partial charge in [-0.3, -0.25) is 0 Å². The standard InChI is InChI=1S/C14H16BrNO2/c1-10(11-4-3-5-12(8-11)17-2)16-9-13-6-7-14(15)18-13/h3-8,10,16H,9H2,1-2H3/t10-/m0/s1. The molecule has 0 fully saturated rings. The van der Waals surface area contributed by atoms with Crippen molar-refractivity contribution in [2.24, 2.45) is 0 Å². The molecule has 96 valence electrons. The zero-order valence-electron chi connectivity index (χ0n) is 10.4. The molecule has 4 heteroatoms. The van der Waals surface area contributed by atoms with Crippen LogP contribution in [0.4, 0.5) is 0 Å². The van der Waals surface area contributed by atoms with Gasteiger partial charge in [-0.2, -0.15) is 0 Å². The van der Waals surface area contributed by atoms with Crippen LogP contribution in [0.1, 0.15) is 24.3 Å². The Hall–Kier alpha value is -1.26. The minimum atomic E-state index is 0.240. The molecule has 1 heterocycles. The van der Waals surface area contributed by atoms with E-state index in [9.17, 15) is 0 Å². The van der Waals surface area contributed by atoms with Crippen molar-refractivity contribution in [2.75, 3.05) is 7.11 Å². The molecule has 1 atom stereocenters. The van der Waals surface area contributed by atoms with E-state index >= 15 is 0 Å². The summed E-state index contributed by atoms with van der Waals surface area (Å²) in [6.45, 7) is 2.82. The maximum Gasteiger partial charge on any atom is 0.169 e.